The maximum Gasteiger partial charge on any atom is 0.139 e. The van der Waals surface area contributed by atoms with Crippen molar-refractivity contribution >= 4 is 23.1 Å². The summed E-state index contributed by atoms with van der Waals surface area (Å²) >= 11 is 7.17. The van der Waals surface area contributed by atoms with Crippen molar-refractivity contribution in [3.05, 3.63) is 10.0 Å². The third kappa shape index (κ3) is 3.63. The minimum atomic E-state index is 0.325. The molecule has 2 rings (SSSR count). The molecule has 17 heavy (non-hydrogen) atoms. The molecule has 0 aliphatic heterocycles. The lowest BCUT2D eigenvalue weighted by Gasteiger charge is -2.38. The Morgan fingerprint density at radius 3 is 2.82 bits per heavy atom. The van der Waals surface area contributed by atoms with E-state index in [1.165, 1.54) is 18.0 Å². The van der Waals surface area contributed by atoms with Crippen LogP contribution in [0.15, 0.2) is 0 Å². The zero-order valence-corrected chi connectivity index (χ0v) is 12.1. The van der Waals surface area contributed by atoms with Crippen molar-refractivity contribution < 1.29 is 4.74 Å². The SMILES string of the molecule is CC1CC(OCc2nnsc2Cl)CC(C)(C)C1. The molecule has 96 valence electrons. The zero-order valence-electron chi connectivity index (χ0n) is 10.6. The topological polar surface area (TPSA) is 35.0 Å². The number of hydrogen-bond donors (Lipinski definition) is 0. The van der Waals surface area contributed by atoms with E-state index in [1.807, 2.05) is 0 Å². The predicted molar refractivity (Wildman–Crippen MR) is 70.3 cm³/mol. The van der Waals surface area contributed by atoms with Crippen LogP contribution in [0.5, 0.6) is 0 Å². The lowest BCUT2D eigenvalue weighted by atomic mass is 9.71. The fourth-order valence-electron chi connectivity index (χ4n) is 2.87. The average Bonchev–Trinajstić information content (AvgIpc) is 2.58. The number of nitrogens with zero attached hydrogens (tertiary/aromatic N) is 2. The Morgan fingerprint density at radius 1 is 1.47 bits per heavy atom. The molecule has 0 amide bonds. The Balaban J connectivity index is 1.89. The molecule has 2 unspecified atom stereocenters. The van der Waals surface area contributed by atoms with Crippen LogP contribution < -0.4 is 0 Å². The number of ether oxygens (including phenoxy) is 1. The van der Waals surface area contributed by atoms with Gasteiger partial charge in [-0.05, 0) is 30.6 Å². The second kappa shape index (κ2) is 5.21. The van der Waals surface area contributed by atoms with Crippen molar-refractivity contribution in [1.82, 2.24) is 9.59 Å². The molecule has 0 radical (unpaired) electrons. The molecule has 5 heteroatoms. The Kier molecular flexibility index (Phi) is 4.06. The van der Waals surface area contributed by atoms with Gasteiger partial charge < -0.3 is 4.74 Å². The van der Waals surface area contributed by atoms with E-state index < -0.39 is 0 Å². The summed E-state index contributed by atoms with van der Waals surface area (Å²) in [4.78, 5) is 0. The summed E-state index contributed by atoms with van der Waals surface area (Å²) in [5.74, 6) is 0.729. The van der Waals surface area contributed by atoms with Crippen molar-refractivity contribution in [3.8, 4) is 0 Å². The third-order valence-electron chi connectivity index (χ3n) is 3.31. The summed E-state index contributed by atoms with van der Waals surface area (Å²) in [5.41, 5.74) is 1.15. The first kappa shape index (κ1) is 13.2. The van der Waals surface area contributed by atoms with Crippen molar-refractivity contribution in [1.29, 1.82) is 0 Å². The van der Waals surface area contributed by atoms with Gasteiger partial charge in [0.15, 0.2) is 0 Å². The lowest BCUT2D eigenvalue weighted by molar-refractivity contribution is -0.0326. The van der Waals surface area contributed by atoms with Crippen LogP contribution in [-0.2, 0) is 11.3 Å². The van der Waals surface area contributed by atoms with E-state index in [9.17, 15) is 0 Å². The van der Waals surface area contributed by atoms with Crippen molar-refractivity contribution in [2.45, 2.75) is 52.7 Å². The minimum Gasteiger partial charge on any atom is -0.372 e. The van der Waals surface area contributed by atoms with Gasteiger partial charge in [-0.3, -0.25) is 0 Å². The van der Waals surface area contributed by atoms with Gasteiger partial charge in [-0.25, -0.2) is 0 Å². The maximum absolute atomic E-state index is 5.96. The molecule has 1 saturated carbocycles. The molecule has 0 bridgehead atoms. The van der Waals surface area contributed by atoms with Gasteiger partial charge in [0.1, 0.15) is 10.0 Å². The van der Waals surface area contributed by atoms with E-state index in [2.05, 4.69) is 30.4 Å². The van der Waals surface area contributed by atoms with Crippen molar-refractivity contribution in [2.24, 2.45) is 11.3 Å². The van der Waals surface area contributed by atoms with Gasteiger partial charge in [-0.2, -0.15) is 0 Å². The summed E-state index contributed by atoms with van der Waals surface area (Å²) in [5, 5.41) is 3.97. The normalized spacial score (nSPS) is 28.2. The Labute approximate surface area is 112 Å². The molecule has 1 aliphatic rings. The lowest BCUT2D eigenvalue weighted by Crippen LogP contribution is -2.32. The van der Waals surface area contributed by atoms with Crippen LogP contribution in [0, 0.1) is 11.3 Å². The molecule has 0 spiro atoms. The van der Waals surface area contributed by atoms with E-state index in [4.69, 9.17) is 16.3 Å². The van der Waals surface area contributed by atoms with Crippen LogP contribution in [0.4, 0.5) is 0 Å². The molecule has 0 N–H and O–H groups in total. The number of hydrogen-bond acceptors (Lipinski definition) is 4. The molecular formula is C12H19ClN2OS. The highest BCUT2D eigenvalue weighted by Gasteiger charge is 2.32. The Hall–Kier alpha value is -0.190. The van der Waals surface area contributed by atoms with Gasteiger partial charge in [0.05, 0.1) is 12.7 Å². The highest BCUT2D eigenvalue weighted by Crippen LogP contribution is 2.40. The Bertz CT molecular complexity index is 380. The fraction of sp³-hybridized carbons (Fsp3) is 0.833. The van der Waals surface area contributed by atoms with Crippen molar-refractivity contribution in [2.75, 3.05) is 0 Å². The third-order valence-corrected chi connectivity index (χ3v) is 4.30. The first-order valence-electron chi connectivity index (χ1n) is 6.04. The van der Waals surface area contributed by atoms with Crippen LogP contribution in [0.2, 0.25) is 4.34 Å². The van der Waals surface area contributed by atoms with E-state index in [1.54, 1.807) is 0 Å². The van der Waals surface area contributed by atoms with Crippen LogP contribution in [0.25, 0.3) is 0 Å². The van der Waals surface area contributed by atoms with Gasteiger partial charge >= 0.3 is 0 Å². The van der Waals surface area contributed by atoms with Crippen LogP contribution >= 0.6 is 23.1 Å². The van der Waals surface area contributed by atoms with E-state index in [0.717, 1.165) is 24.5 Å². The smallest absolute Gasteiger partial charge is 0.139 e. The number of halogens is 1. The summed E-state index contributed by atoms with van der Waals surface area (Å²) in [6.45, 7) is 7.42. The highest BCUT2D eigenvalue weighted by atomic mass is 35.5. The molecule has 1 aromatic heterocycles. The molecule has 1 heterocycles. The van der Waals surface area contributed by atoms with Gasteiger partial charge in [-0.1, -0.05) is 36.9 Å². The summed E-state index contributed by atoms with van der Waals surface area (Å²) < 4.78 is 10.4. The largest absolute Gasteiger partial charge is 0.372 e. The quantitative estimate of drug-likeness (QED) is 0.838. The van der Waals surface area contributed by atoms with E-state index >= 15 is 0 Å². The van der Waals surface area contributed by atoms with Gasteiger partial charge in [0, 0.05) is 11.5 Å². The molecule has 1 aromatic rings. The number of rotatable bonds is 3. The molecule has 1 fully saturated rings. The van der Waals surface area contributed by atoms with Crippen LogP contribution in [0.1, 0.15) is 45.7 Å². The average molecular weight is 275 g/mol. The molecule has 0 aromatic carbocycles. The maximum atomic E-state index is 5.96. The van der Waals surface area contributed by atoms with E-state index in [-0.39, 0.29) is 0 Å². The molecule has 2 atom stereocenters. The van der Waals surface area contributed by atoms with Crippen LogP contribution in [-0.4, -0.2) is 15.7 Å². The predicted octanol–water partition coefficient (Wildman–Crippen LogP) is 3.92. The minimum absolute atomic E-state index is 0.325. The monoisotopic (exact) mass is 274 g/mol. The zero-order chi connectivity index (χ0) is 12.5. The molecule has 3 nitrogen and oxygen atoms in total. The second-order valence-electron chi connectivity index (χ2n) is 5.84. The van der Waals surface area contributed by atoms with Gasteiger partial charge in [-0.15, -0.1) is 5.10 Å². The van der Waals surface area contributed by atoms with E-state index in [0.29, 0.717) is 22.5 Å². The summed E-state index contributed by atoms with van der Waals surface area (Å²) in [6.07, 6.45) is 3.86. The van der Waals surface area contributed by atoms with Gasteiger partial charge in [0.25, 0.3) is 0 Å². The van der Waals surface area contributed by atoms with Crippen molar-refractivity contribution in [3.63, 3.8) is 0 Å². The first-order valence-corrected chi connectivity index (χ1v) is 7.20. The highest BCUT2D eigenvalue weighted by molar-refractivity contribution is 7.10. The summed E-state index contributed by atoms with van der Waals surface area (Å²) in [6, 6.07) is 0. The fourth-order valence-corrected chi connectivity index (χ4v) is 3.47. The standard InChI is InChI=1S/C12H19ClN2OS/c1-8-4-9(6-12(2,3)5-8)16-7-10-11(13)17-15-14-10/h8-9H,4-7H2,1-3H3. The Morgan fingerprint density at radius 2 is 2.24 bits per heavy atom. The molecule has 0 saturated heterocycles. The van der Waals surface area contributed by atoms with Crippen LogP contribution in [0.3, 0.4) is 0 Å². The first-order chi connectivity index (χ1) is 7.96. The summed E-state index contributed by atoms with van der Waals surface area (Å²) in [7, 11) is 0. The second-order valence-corrected chi connectivity index (χ2v) is 7.20. The molecular weight excluding hydrogens is 256 g/mol. The van der Waals surface area contributed by atoms with Gasteiger partial charge in [0.2, 0.25) is 0 Å². The molecule has 1 aliphatic carbocycles. The number of aromatic nitrogens is 2.